The van der Waals surface area contributed by atoms with Gasteiger partial charge in [-0.1, -0.05) is 12.1 Å². The number of carbonyl (C=O) groups is 4. The molecule has 2 aliphatic heterocycles. The summed E-state index contributed by atoms with van der Waals surface area (Å²) in [4.78, 5) is 73.3. The van der Waals surface area contributed by atoms with Crippen LogP contribution in [0.15, 0.2) is 36.4 Å². The molecular formula is C40H50N8O6. The number of hydrogen-bond donors (Lipinski definition) is 4. The number of nitrogens with one attached hydrogen (secondary N) is 4. The number of fused-ring (bicyclic) bond motifs is 2. The van der Waals surface area contributed by atoms with Crippen molar-refractivity contribution in [3.63, 3.8) is 0 Å². The number of ether oxygens (including phenoxy) is 2. The van der Waals surface area contributed by atoms with Crippen molar-refractivity contribution in [3.05, 3.63) is 48.0 Å². The molecule has 0 radical (unpaired) electrons. The fourth-order valence-electron chi connectivity index (χ4n) is 7.90. The standard InChI is InChI=1S/C40H50N8O6/c1-37(2,3)53-35(51)45-39(15-16-39)33(49)47-19-7-9-29(47)31-41-25-13-11-23(21-27(25)43-31)24-12-14-26-28(22-24)44-32(42-26)30-10-8-20-48(30)34(50)40(17-18-40)46-36(52)54-38(4,5)6/h11-14,21-22,29-30H,7-10,15-20H2,1-6H3,(H,41,43)(H,42,44)(H,45,51)(H,46,52)/t29-,30-/m0/s1. The number of benzene rings is 2. The van der Waals surface area contributed by atoms with Gasteiger partial charge in [-0.15, -0.1) is 0 Å². The molecule has 2 aliphatic carbocycles. The van der Waals surface area contributed by atoms with E-state index in [4.69, 9.17) is 19.4 Å². The minimum absolute atomic E-state index is 0.0849. The van der Waals surface area contributed by atoms with E-state index in [0.717, 1.165) is 70.5 Å². The molecule has 54 heavy (non-hydrogen) atoms. The Bertz CT molecular complexity index is 2000. The molecule has 4 N–H and O–H groups in total. The fraction of sp³-hybridized carbons (Fsp3) is 0.550. The topological polar surface area (TPSA) is 175 Å². The second kappa shape index (κ2) is 12.7. The lowest BCUT2D eigenvalue weighted by molar-refractivity contribution is -0.136. The number of nitrogens with zero attached hydrogens (tertiary/aromatic N) is 4. The Hall–Kier alpha value is -5.14. The van der Waals surface area contributed by atoms with Crippen LogP contribution in [0.1, 0.15) is 117 Å². The third-order valence-electron chi connectivity index (χ3n) is 10.8. The summed E-state index contributed by atoms with van der Waals surface area (Å²) in [7, 11) is 0. The first-order valence-corrected chi connectivity index (χ1v) is 19.2. The Balaban J connectivity index is 0.976. The van der Waals surface area contributed by atoms with Crippen LogP contribution in [-0.2, 0) is 19.1 Å². The van der Waals surface area contributed by atoms with Crippen LogP contribution in [0.25, 0.3) is 33.2 Å². The Kier molecular flexibility index (Phi) is 8.46. The molecule has 2 aromatic heterocycles. The van der Waals surface area contributed by atoms with E-state index in [1.54, 1.807) is 41.5 Å². The van der Waals surface area contributed by atoms with Crippen LogP contribution in [0.2, 0.25) is 0 Å². The number of hydrogen-bond acceptors (Lipinski definition) is 8. The smallest absolute Gasteiger partial charge is 0.408 e. The van der Waals surface area contributed by atoms with Gasteiger partial charge in [0.2, 0.25) is 11.8 Å². The van der Waals surface area contributed by atoms with E-state index in [0.29, 0.717) is 38.8 Å². The van der Waals surface area contributed by atoms with Crippen LogP contribution in [0.3, 0.4) is 0 Å². The molecular weight excluding hydrogens is 688 g/mol. The molecule has 0 unspecified atom stereocenters. The van der Waals surface area contributed by atoms with Crippen molar-refractivity contribution < 1.29 is 28.7 Å². The summed E-state index contributed by atoms with van der Waals surface area (Å²) >= 11 is 0. The monoisotopic (exact) mass is 738 g/mol. The van der Waals surface area contributed by atoms with Crippen molar-refractivity contribution in [2.75, 3.05) is 13.1 Å². The number of alkyl carbamates (subject to hydrolysis) is 2. The van der Waals surface area contributed by atoms with E-state index < -0.39 is 34.5 Å². The highest BCUT2D eigenvalue weighted by atomic mass is 16.6. The molecule has 4 amide bonds. The molecule has 8 rings (SSSR count). The summed E-state index contributed by atoms with van der Waals surface area (Å²) in [6.45, 7) is 12.0. The molecule has 2 saturated heterocycles. The van der Waals surface area contributed by atoms with Crippen molar-refractivity contribution >= 4 is 46.1 Å². The van der Waals surface area contributed by atoms with Gasteiger partial charge in [-0.25, -0.2) is 19.6 Å². The first kappa shape index (κ1) is 35.9. The highest BCUT2D eigenvalue weighted by molar-refractivity contribution is 5.94. The zero-order valence-electron chi connectivity index (χ0n) is 31.9. The van der Waals surface area contributed by atoms with Crippen LogP contribution >= 0.6 is 0 Å². The molecule has 14 nitrogen and oxygen atoms in total. The predicted molar refractivity (Wildman–Crippen MR) is 201 cm³/mol. The van der Waals surface area contributed by atoms with Crippen LogP contribution in [0, 0.1) is 0 Å². The molecule has 0 bridgehead atoms. The zero-order chi connectivity index (χ0) is 38.2. The number of amides is 4. The predicted octanol–water partition coefficient (Wildman–Crippen LogP) is 6.55. The minimum Gasteiger partial charge on any atom is -0.444 e. The summed E-state index contributed by atoms with van der Waals surface area (Å²) in [6.07, 6.45) is 4.47. The average molecular weight is 739 g/mol. The maximum atomic E-state index is 13.8. The average Bonchev–Trinajstić information content (AvgIpc) is 3.69. The molecule has 14 heteroatoms. The van der Waals surface area contributed by atoms with Crippen molar-refractivity contribution in [2.45, 2.75) is 127 Å². The highest BCUT2D eigenvalue weighted by Crippen LogP contribution is 2.44. The quantitative estimate of drug-likeness (QED) is 0.165. The molecule has 286 valence electrons. The van der Waals surface area contributed by atoms with Gasteiger partial charge in [0.15, 0.2) is 0 Å². The molecule has 4 fully saturated rings. The summed E-state index contributed by atoms with van der Waals surface area (Å²) in [5.74, 6) is 1.30. The number of aromatic nitrogens is 4. The maximum Gasteiger partial charge on any atom is 0.408 e. The van der Waals surface area contributed by atoms with Crippen LogP contribution in [0.5, 0.6) is 0 Å². The van der Waals surface area contributed by atoms with Gasteiger partial charge in [0.1, 0.15) is 33.9 Å². The van der Waals surface area contributed by atoms with Crippen LogP contribution < -0.4 is 10.6 Å². The van der Waals surface area contributed by atoms with Crippen molar-refractivity contribution in [2.24, 2.45) is 0 Å². The van der Waals surface area contributed by atoms with E-state index in [9.17, 15) is 19.2 Å². The first-order valence-electron chi connectivity index (χ1n) is 19.2. The first-order chi connectivity index (χ1) is 25.5. The van der Waals surface area contributed by atoms with Gasteiger partial charge >= 0.3 is 12.2 Å². The number of imidazole rings is 2. The largest absolute Gasteiger partial charge is 0.444 e. The Morgan fingerprint density at radius 3 is 1.41 bits per heavy atom. The van der Waals surface area contributed by atoms with Crippen molar-refractivity contribution in [1.29, 1.82) is 0 Å². The van der Waals surface area contributed by atoms with Gasteiger partial charge in [0, 0.05) is 13.1 Å². The zero-order valence-corrected chi connectivity index (χ0v) is 31.9. The normalized spacial score (nSPS) is 21.7. The summed E-state index contributed by atoms with van der Waals surface area (Å²) in [6, 6.07) is 11.8. The molecule has 2 atom stereocenters. The molecule has 4 heterocycles. The molecule has 4 aromatic rings. The van der Waals surface area contributed by atoms with Crippen molar-refractivity contribution in [1.82, 2.24) is 40.4 Å². The maximum absolute atomic E-state index is 13.8. The lowest BCUT2D eigenvalue weighted by atomic mass is 10.0. The van der Waals surface area contributed by atoms with E-state index in [1.165, 1.54) is 0 Å². The van der Waals surface area contributed by atoms with E-state index in [2.05, 4.69) is 20.6 Å². The van der Waals surface area contributed by atoms with Crippen molar-refractivity contribution in [3.8, 4) is 11.1 Å². The third kappa shape index (κ3) is 6.98. The molecule has 4 aliphatic rings. The number of rotatable bonds is 7. The van der Waals surface area contributed by atoms with E-state index in [-0.39, 0.29) is 23.9 Å². The van der Waals surface area contributed by atoms with E-state index in [1.807, 2.05) is 46.2 Å². The van der Waals surface area contributed by atoms with Gasteiger partial charge in [-0.3, -0.25) is 9.59 Å². The Morgan fingerprint density at radius 1 is 0.667 bits per heavy atom. The van der Waals surface area contributed by atoms with E-state index >= 15 is 0 Å². The SMILES string of the molecule is CC(C)(C)OC(=O)NC1(C(=O)N2CCC[C@H]2c2nc3cc(-c4ccc5[nH]c([C@@H]6CCCN6C(=O)C6(NC(=O)OC(C)(C)C)CC6)nc5c4)ccc3[nH]2)CC1. The number of aromatic amines is 2. The number of likely N-dealkylation sites (tertiary alicyclic amines) is 2. The van der Waals surface area contributed by atoms with Gasteiger partial charge in [0.05, 0.1) is 34.2 Å². The lowest BCUT2D eigenvalue weighted by Gasteiger charge is -2.29. The number of carbonyl (C=O) groups excluding carboxylic acids is 4. The third-order valence-corrected chi connectivity index (χ3v) is 10.8. The molecule has 2 saturated carbocycles. The summed E-state index contributed by atoms with van der Waals surface area (Å²) in [5.41, 5.74) is 2.17. The van der Waals surface area contributed by atoms with Crippen LogP contribution in [0.4, 0.5) is 9.59 Å². The number of H-pyrrole nitrogens is 2. The summed E-state index contributed by atoms with van der Waals surface area (Å²) < 4.78 is 10.9. The lowest BCUT2D eigenvalue weighted by Crippen LogP contribution is -2.51. The molecule has 0 spiro atoms. The Labute approximate surface area is 314 Å². The minimum atomic E-state index is -0.918. The molecule has 2 aromatic carbocycles. The van der Waals surface area contributed by atoms with Crippen LogP contribution in [-0.4, -0.2) is 89.1 Å². The van der Waals surface area contributed by atoms with Gasteiger partial charge in [-0.2, -0.15) is 0 Å². The highest BCUT2D eigenvalue weighted by Gasteiger charge is 2.56. The fourth-order valence-corrected chi connectivity index (χ4v) is 7.90. The van der Waals surface area contributed by atoms with Gasteiger partial charge in [-0.05, 0) is 128 Å². The van der Waals surface area contributed by atoms with Gasteiger partial charge in [0.25, 0.3) is 0 Å². The second-order valence-corrected chi connectivity index (χ2v) is 17.4. The summed E-state index contributed by atoms with van der Waals surface area (Å²) in [5, 5.41) is 5.71. The second-order valence-electron chi connectivity index (χ2n) is 17.4. The van der Waals surface area contributed by atoms with Gasteiger partial charge < -0.3 is 39.9 Å². The Morgan fingerprint density at radius 2 is 1.06 bits per heavy atom.